The Hall–Kier alpha value is -1.00. The van der Waals surface area contributed by atoms with Crippen molar-refractivity contribution in [2.75, 3.05) is 38.5 Å². The molecule has 1 aromatic rings. The number of aliphatic imine (C=N–C) groups is 1. The van der Waals surface area contributed by atoms with Gasteiger partial charge in [-0.3, -0.25) is 0 Å². The van der Waals surface area contributed by atoms with Gasteiger partial charge in [0.05, 0.1) is 5.69 Å². The van der Waals surface area contributed by atoms with Crippen molar-refractivity contribution in [2.24, 2.45) is 4.99 Å². The minimum absolute atomic E-state index is 1.08. The molecule has 3 nitrogen and oxygen atoms in total. The number of likely N-dealkylation sites (tertiary alicyclic amines) is 2. The number of para-hydroxylation sites is 1. The number of amidine groups is 1. The third-order valence-corrected chi connectivity index (χ3v) is 5.44. The highest BCUT2D eigenvalue weighted by atomic mass is 32.2. The van der Waals surface area contributed by atoms with Gasteiger partial charge in [-0.15, -0.1) is 0 Å². The van der Waals surface area contributed by atoms with Crippen LogP contribution < -0.4 is 0 Å². The van der Waals surface area contributed by atoms with Crippen LogP contribution in [0.25, 0.3) is 0 Å². The lowest BCUT2D eigenvalue weighted by Gasteiger charge is -2.27. The average Bonchev–Trinajstić information content (AvgIpc) is 3.10. The van der Waals surface area contributed by atoms with Crippen molar-refractivity contribution >= 4 is 22.6 Å². The van der Waals surface area contributed by atoms with Gasteiger partial charge in [-0.2, -0.15) is 0 Å². The van der Waals surface area contributed by atoms with Crippen molar-refractivity contribution < 1.29 is 0 Å². The van der Waals surface area contributed by atoms with Gasteiger partial charge in [-0.25, -0.2) is 4.99 Å². The molecule has 2 saturated heterocycles. The van der Waals surface area contributed by atoms with Gasteiger partial charge < -0.3 is 9.80 Å². The zero-order valence-electron chi connectivity index (χ0n) is 13.4. The predicted octanol–water partition coefficient (Wildman–Crippen LogP) is 3.99. The van der Waals surface area contributed by atoms with E-state index in [0.717, 1.165) is 11.4 Å². The van der Waals surface area contributed by atoms with Crippen LogP contribution in [0.1, 0.15) is 32.1 Å². The molecular formula is C18H27N3S. The second-order valence-corrected chi connectivity index (χ2v) is 7.24. The fraction of sp³-hybridized carbons (Fsp3) is 0.611. The number of hydrogen-bond donors (Lipinski definition) is 0. The molecule has 22 heavy (non-hydrogen) atoms. The van der Waals surface area contributed by atoms with Crippen molar-refractivity contribution in [1.82, 2.24) is 9.80 Å². The van der Waals surface area contributed by atoms with Gasteiger partial charge in [0, 0.05) is 25.4 Å². The number of rotatable bonds is 4. The minimum Gasteiger partial charge on any atom is -0.351 e. The molecular weight excluding hydrogens is 290 g/mol. The van der Waals surface area contributed by atoms with Crippen LogP contribution in [0, 0.1) is 0 Å². The van der Waals surface area contributed by atoms with E-state index < -0.39 is 0 Å². The Bertz CT molecular complexity index is 462. The molecule has 0 saturated carbocycles. The van der Waals surface area contributed by atoms with E-state index in [1.165, 1.54) is 70.0 Å². The lowest BCUT2D eigenvalue weighted by atomic mass is 10.1. The first-order chi connectivity index (χ1) is 10.9. The van der Waals surface area contributed by atoms with E-state index in [9.17, 15) is 0 Å². The number of hydrogen-bond acceptors (Lipinski definition) is 3. The fourth-order valence-corrected chi connectivity index (χ4v) is 4.23. The van der Waals surface area contributed by atoms with Crippen molar-refractivity contribution in [3.63, 3.8) is 0 Å². The van der Waals surface area contributed by atoms with Crippen LogP contribution in [0.5, 0.6) is 0 Å². The van der Waals surface area contributed by atoms with Crippen molar-refractivity contribution in [3.8, 4) is 0 Å². The largest absolute Gasteiger partial charge is 0.351 e. The molecule has 0 N–H and O–H groups in total. The zero-order chi connectivity index (χ0) is 15.0. The van der Waals surface area contributed by atoms with Gasteiger partial charge >= 0.3 is 0 Å². The third-order valence-electron chi connectivity index (χ3n) is 4.44. The maximum atomic E-state index is 4.91. The summed E-state index contributed by atoms with van der Waals surface area (Å²) in [4.78, 5) is 9.99. The first-order valence-electron chi connectivity index (χ1n) is 8.66. The lowest BCUT2D eigenvalue weighted by molar-refractivity contribution is 0.242. The third kappa shape index (κ3) is 4.75. The summed E-state index contributed by atoms with van der Waals surface area (Å²) >= 11 is 1.94. The monoisotopic (exact) mass is 317 g/mol. The Labute approximate surface area is 138 Å². The molecule has 2 aliphatic heterocycles. The Balaban J connectivity index is 1.57. The summed E-state index contributed by atoms with van der Waals surface area (Å²) in [5.74, 6) is 1.15. The molecule has 120 valence electrons. The highest BCUT2D eigenvalue weighted by Crippen LogP contribution is 2.21. The van der Waals surface area contributed by atoms with Gasteiger partial charge in [0.15, 0.2) is 5.17 Å². The van der Waals surface area contributed by atoms with Crippen molar-refractivity contribution in [1.29, 1.82) is 0 Å². The Morgan fingerprint density at radius 2 is 1.59 bits per heavy atom. The molecule has 1 aromatic carbocycles. The SMILES string of the molecule is c1ccc(N=C(SCCN2CCCCC2)N2CCCC2)cc1. The molecule has 0 radical (unpaired) electrons. The van der Waals surface area contributed by atoms with Crippen LogP contribution >= 0.6 is 11.8 Å². The molecule has 0 amide bonds. The van der Waals surface area contributed by atoms with E-state index in [1.807, 2.05) is 11.8 Å². The number of nitrogens with zero attached hydrogens (tertiary/aromatic N) is 3. The predicted molar refractivity (Wildman–Crippen MR) is 97.1 cm³/mol. The van der Waals surface area contributed by atoms with Crippen LogP contribution in [-0.4, -0.2) is 53.4 Å². The molecule has 0 spiro atoms. The number of benzene rings is 1. The Morgan fingerprint density at radius 3 is 2.32 bits per heavy atom. The van der Waals surface area contributed by atoms with E-state index in [-0.39, 0.29) is 0 Å². The molecule has 0 atom stereocenters. The van der Waals surface area contributed by atoms with E-state index in [2.05, 4.69) is 40.1 Å². The number of thioether (sulfide) groups is 1. The average molecular weight is 318 g/mol. The molecule has 2 fully saturated rings. The normalized spacial score (nSPS) is 20.5. The summed E-state index contributed by atoms with van der Waals surface area (Å²) in [6.07, 6.45) is 6.78. The summed E-state index contributed by atoms with van der Waals surface area (Å²) in [5.41, 5.74) is 1.08. The summed E-state index contributed by atoms with van der Waals surface area (Å²) in [7, 11) is 0. The quantitative estimate of drug-likeness (QED) is 0.618. The van der Waals surface area contributed by atoms with E-state index in [4.69, 9.17) is 4.99 Å². The highest BCUT2D eigenvalue weighted by molar-refractivity contribution is 8.13. The maximum Gasteiger partial charge on any atom is 0.164 e. The number of piperidine rings is 1. The zero-order valence-corrected chi connectivity index (χ0v) is 14.2. The van der Waals surface area contributed by atoms with E-state index in [1.54, 1.807) is 0 Å². The molecule has 0 unspecified atom stereocenters. The summed E-state index contributed by atoms with van der Waals surface area (Å²) in [6, 6.07) is 10.4. The smallest absolute Gasteiger partial charge is 0.164 e. The maximum absolute atomic E-state index is 4.91. The molecule has 2 heterocycles. The van der Waals surface area contributed by atoms with Gasteiger partial charge in [0.25, 0.3) is 0 Å². The second-order valence-electron chi connectivity index (χ2n) is 6.17. The van der Waals surface area contributed by atoms with Crippen molar-refractivity contribution in [2.45, 2.75) is 32.1 Å². The Morgan fingerprint density at radius 1 is 0.909 bits per heavy atom. The van der Waals surface area contributed by atoms with Gasteiger partial charge in [-0.1, -0.05) is 36.4 Å². The second kappa shape index (κ2) is 8.59. The van der Waals surface area contributed by atoms with Crippen LogP contribution in [0.4, 0.5) is 5.69 Å². The van der Waals surface area contributed by atoms with Crippen molar-refractivity contribution in [3.05, 3.63) is 30.3 Å². The topological polar surface area (TPSA) is 18.8 Å². The van der Waals surface area contributed by atoms with Crippen LogP contribution in [0.2, 0.25) is 0 Å². The fourth-order valence-electron chi connectivity index (χ4n) is 3.16. The first-order valence-corrected chi connectivity index (χ1v) is 9.64. The Kier molecular flexibility index (Phi) is 6.20. The molecule has 2 aliphatic rings. The first kappa shape index (κ1) is 15.9. The molecule has 0 aromatic heterocycles. The van der Waals surface area contributed by atoms with Crippen LogP contribution in [0.3, 0.4) is 0 Å². The summed E-state index contributed by atoms with van der Waals surface area (Å²) in [5, 5.41) is 1.22. The molecule has 3 rings (SSSR count). The molecule has 0 bridgehead atoms. The van der Waals surface area contributed by atoms with Crippen LogP contribution in [-0.2, 0) is 0 Å². The van der Waals surface area contributed by atoms with Gasteiger partial charge in [0.1, 0.15) is 0 Å². The van der Waals surface area contributed by atoms with Gasteiger partial charge in [-0.05, 0) is 50.9 Å². The summed E-state index contributed by atoms with van der Waals surface area (Å²) < 4.78 is 0. The summed E-state index contributed by atoms with van der Waals surface area (Å²) in [6.45, 7) is 6.11. The molecule has 4 heteroatoms. The van der Waals surface area contributed by atoms with E-state index >= 15 is 0 Å². The van der Waals surface area contributed by atoms with Gasteiger partial charge in [0.2, 0.25) is 0 Å². The lowest BCUT2D eigenvalue weighted by Crippen LogP contribution is -2.32. The molecule has 0 aliphatic carbocycles. The highest BCUT2D eigenvalue weighted by Gasteiger charge is 2.17. The standard InChI is InChI=1S/C18H27N3S/c1-3-9-17(10-4-1)19-18(21-13-7-8-14-21)22-16-15-20-11-5-2-6-12-20/h1,3-4,9-10H,2,5-8,11-16H2. The van der Waals surface area contributed by atoms with E-state index in [0.29, 0.717) is 0 Å². The minimum atomic E-state index is 1.08. The van der Waals surface area contributed by atoms with Crippen LogP contribution in [0.15, 0.2) is 35.3 Å².